The van der Waals surface area contributed by atoms with E-state index in [1.165, 1.54) is 0 Å². The topological polar surface area (TPSA) is 85.4 Å². The summed E-state index contributed by atoms with van der Waals surface area (Å²) in [6.07, 6.45) is 1.33. The lowest BCUT2D eigenvalue weighted by Crippen LogP contribution is -2.41. The van der Waals surface area contributed by atoms with Crippen molar-refractivity contribution in [1.29, 1.82) is 0 Å². The van der Waals surface area contributed by atoms with E-state index in [0.29, 0.717) is 44.1 Å². The number of benzene rings is 1. The first-order chi connectivity index (χ1) is 13.6. The molecule has 3 rings (SSSR count). The second-order valence-electron chi connectivity index (χ2n) is 6.78. The lowest BCUT2D eigenvalue weighted by molar-refractivity contribution is -0.140. The summed E-state index contributed by atoms with van der Waals surface area (Å²) in [6.45, 7) is 4.79. The molecule has 2 aliphatic heterocycles. The van der Waals surface area contributed by atoms with Gasteiger partial charge in [-0.25, -0.2) is 4.79 Å². The summed E-state index contributed by atoms with van der Waals surface area (Å²) >= 11 is 0. The fourth-order valence-electron chi connectivity index (χ4n) is 3.41. The van der Waals surface area contributed by atoms with Gasteiger partial charge in [0.05, 0.1) is 6.61 Å². The van der Waals surface area contributed by atoms with Gasteiger partial charge in [-0.1, -0.05) is 0 Å². The quantitative estimate of drug-likeness (QED) is 0.578. The molecule has 1 aromatic carbocycles. The van der Waals surface area contributed by atoms with Crippen LogP contribution in [0.4, 0.5) is 4.79 Å². The summed E-state index contributed by atoms with van der Waals surface area (Å²) in [5.74, 6) is 0.251. The third-order valence-electron chi connectivity index (χ3n) is 4.86. The Morgan fingerprint density at radius 1 is 1.04 bits per heavy atom. The Balaban J connectivity index is 1.55. The number of rotatable bonds is 4. The molecule has 0 N–H and O–H groups in total. The highest BCUT2D eigenvalue weighted by atomic mass is 16.7. The summed E-state index contributed by atoms with van der Waals surface area (Å²) in [7, 11) is 0. The SMILES string of the molecule is CCOC(=O)Oc1ccc(C(=O)N2CCCN(C(=O)C3CCCO3)CC2)cc1. The van der Waals surface area contributed by atoms with E-state index >= 15 is 0 Å². The number of hydrogen-bond acceptors (Lipinski definition) is 6. The van der Waals surface area contributed by atoms with E-state index in [9.17, 15) is 14.4 Å². The van der Waals surface area contributed by atoms with Crippen molar-refractivity contribution in [2.75, 3.05) is 39.4 Å². The maximum atomic E-state index is 12.8. The molecule has 2 saturated heterocycles. The standard InChI is InChI=1S/C20H26N2O6/c1-2-26-20(25)28-16-8-6-15(7-9-16)18(23)21-10-4-11-22(13-12-21)19(24)17-5-3-14-27-17/h6-9,17H,2-5,10-14H2,1H3. The molecule has 2 fully saturated rings. The monoisotopic (exact) mass is 390 g/mol. The first-order valence-electron chi connectivity index (χ1n) is 9.73. The van der Waals surface area contributed by atoms with E-state index < -0.39 is 6.16 Å². The fourth-order valence-corrected chi connectivity index (χ4v) is 3.41. The van der Waals surface area contributed by atoms with Crippen LogP contribution in [0.15, 0.2) is 24.3 Å². The summed E-state index contributed by atoms with van der Waals surface area (Å²) < 4.78 is 15.2. The van der Waals surface area contributed by atoms with Crippen molar-refractivity contribution in [3.8, 4) is 5.75 Å². The Kier molecular flexibility index (Phi) is 6.86. The second-order valence-corrected chi connectivity index (χ2v) is 6.78. The molecular weight excluding hydrogens is 364 g/mol. The van der Waals surface area contributed by atoms with Gasteiger partial charge in [0.15, 0.2) is 0 Å². The van der Waals surface area contributed by atoms with Crippen molar-refractivity contribution in [3.05, 3.63) is 29.8 Å². The molecule has 0 radical (unpaired) electrons. The molecule has 28 heavy (non-hydrogen) atoms. The Morgan fingerprint density at radius 3 is 2.43 bits per heavy atom. The Hall–Kier alpha value is -2.61. The smallest absolute Gasteiger partial charge is 0.434 e. The second kappa shape index (κ2) is 9.54. The average molecular weight is 390 g/mol. The molecule has 0 saturated carbocycles. The van der Waals surface area contributed by atoms with Crippen LogP contribution >= 0.6 is 0 Å². The van der Waals surface area contributed by atoms with Crippen LogP contribution in [0.25, 0.3) is 0 Å². The van der Waals surface area contributed by atoms with E-state index in [1.807, 2.05) is 0 Å². The molecule has 1 unspecified atom stereocenters. The number of carbonyl (C=O) groups excluding carboxylic acids is 3. The van der Waals surface area contributed by atoms with Gasteiger partial charge in [-0.15, -0.1) is 0 Å². The van der Waals surface area contributed by atoms with Crippen LogP contribution in [-0.2, 0) is 14.3 Å². The van der Waals surface area contributed by atoms with Crippen molar-refractivity contribution in [2.45, 2.75) is 32.3 Å². The van der Waals surface area contributed by atoms with Gasteiger partial charge in [-0.2, -0.15) is 0 Å². The van der Waals surface area contributed by atoms with Gasteiger partial charge >= 0.3 is 6.16 Å². The lowest BCUT2D eigenvalue weighted by atomic mass is 10.2. The summed E-state index contributed by atoms with van der Waals surface area (Å²) in [6, 6.07) is 6.37. The largest absolute Gasteiger partial charge is 0.513 e. The highest BCUT2D eigenvalue weighted by molar-refractivity contribution is 5.94. The summed E-state index contributed by atoms with van der Waals surface area (Å²) in [5, 5.41) is 0. The van der Waals surface area contributed by atoms with Crippen LogP contribution in [0.5, 0.6) is 5.75 Å². The molecule has 2 aliphatic rings. The average Bonchev–Trinajstić information content (AvgIpc) is 3.12. The van der Waals surface area contributed by atoms with Gasteiger partial charge < -0.3 is 24.0 Å². The van der Waals surface area contributed by atoms with Gasteiger partial charge in [0.2, 0.25) is 0 Å². The molecule has 1 atom stereocenters. The molecule has 2 amide bonds. The van der Waals surface area contributed by atoms with Gasteiger partial charge in [0, 0.05) is 38.3 Å². The van der Waals surface area contributed by atoms with E-state index in [0.717, 1.165) is 19.3 Å². The third kappa shape index (κ3) is 5.01. The molecular formula is C20H26N2O6. The van der Waals surface area contributed by atoms with Crippen molar-refractivity contribution in [2.24, 2.45) is 0 Å². The molecule has 152 valence electrons. The zero-order chi connectivity index (χ0) is 19.9. The predicted molar refractivity (Wildman–Crippen MR) is 100 cm³/mol. The fraction of sp³-hybridized carbons (Fsp3) is 0.550. The van der Waals surface area contributed by atoms with Gasteiger partial charge in [-0.3, -0.25) is 9.59 Å². The first-order valence-corrected chi connectivity index (χ1v) is 9.73. The Morgan fingerprint density at radius 2 is 1.75 bits per heavy atom. The van der Waals surface area contributed by atoms with Crippen LogP contribution in [-0.4, -0.2) is 73.3 Å². The Bertz CT molecular complexity index is 699. The van der Waals surface area contributed by atoms with Crippen molar-refractivity contribution >= 4 is 18.0 Å². The zero-order valence-corrected chi connectivity index (χ0v) is 16.1. The van der Waals surface area contributed by atoms with E-state index in [2.05, 4.69) is 0 Å². The number of nitrogens with zero attached hydrogens (tertiary/aromatic N) is 2. The molecule has 8 heteroatoms. The van der Waals surface area contributed by atoms with Crippen molar-refractivity contribution in [1.82, 2.24) is 9.80 Å². The predicted octanol–water partition coefficient (Wildman–Crippen LogP) is 2.08. The van der Waals surface area contributed by atoms with Crippen LogP contribution < -0.4 is 4.74 Å². The van der Waals surface area contributed by atoms with Gasteiger partial charge in [0.1, 0.15) is 11.9 Å². The molecule has 0 spiro atoms. The summed E-state index contributed by atoms with van der Waals surface area (Å²) in [5.41, 5.74) is 0.509. The summed E-state index contributed by atoms with van der Waals surface area (Å²) in [4.78, 5) is 40.2. The lowest BCUT2D eigenvalue weighted by Gasteiger charge is -2.24. The maximum Gasteiger partial charge on any atom is 0.513 e. The molecule has 2 heterocycles. The number of carbonyl (C=O) groups is 3. The van der Waals surface area contributed by atoms with E-state index in [4.69, 9.17) is 14.2 Å². The minimum atomic E-state index is -0.773. The highest BCUT2D eigenvalue weighted by Gasteiger charge is 2.30. The molecule has 1 aromatic rings. The van der Waals surface area contributed by atoms with Crippen molar-refractivity contribution in [3.63, 3.8) is 0 Å². The molecule has 8 nitrogen and oxygen atoms in total. The highest BCUT2D eigenvalue weighted by Crippen LogP contribution is 2.18. The van der Waals surface area contributed by atoms with Crippen molar-refractivity contribution < 1.29 is 28.6 Å². The zero-order valence-electron chi connectivity index (χ0n) is 16.1. The molecule has 0 aromatic heterocycles. The number of hydrogen-bond donors (Lipinski definition) is 0. The minimum absolute atomic E-state index is 0.0345. The van der Waals surface area contributed by atoms with Gasteiger partial charge in [-0.05, 0) is 50.5 Å². The van der Waals surface area contributed by atoms with E-state index in [-0.39, 0.29) is 24.5 Å². The maximum absolute atomic E-state index is 12.8. The van der Waals surface area contributed by atoms with E-state index in [1.54, 1.807) is 41.0 Å². The number of ether oxygens (including phenoxy) is 3. The number of amides is 2. The van der Waals surface area contributed by atoms with Gasteiger partial charge in [0.25, 0.3) is 11.8 Å². The third-order valence-corrected chi connectivity index (χ3v) is 4.86. The van der Waals surface area contributed by atoms with Crippen LogP contribution in [0.1, 0.15) is 36.5 Å². The first kappa shape index (κ1) is 20.1. The van der Waals surface area contributed by atoms with Crippen LogP contribution in [0.2, 0.25) is 0 Å². The molecule has 0 aliphatic carbocycles. The normalized spacial score (nSPS) is 19.8. The minimum Gasteiger partial charge on any atom is -0.434 e. The Labute approximate surface area is 164 Å². The van der Waals surface area contributed by atoms with Crippen LogP contribution in [0, 0.1) is 0 Å². The molecule has 0 bridgehead atoms. The van der Waals surface area contributed by atoms with Crippen LogP contribution in [0.3, 0.4) is 0 Å².